The Morgan fingerprint density at radius 1 is 1.69 bits per heavy atom. The molecule has 0 aliphatic carbocycles. The van der Waals surface area contributed by atoms with Crippen LogP contribution in [0.1, 0.15) is 18.5 Å². The van der Waals surface area contributed by atoms with Gasteiger partial charge in [0.1, 0.15) is 5.82 Å². The molecule has 0 aliphatic rings. The van der Waals surface area contributed by atoms with E-state index in [9.17, 15) is 0 Å². The summed E-state index contributed by atoms with van der Waals surface area (Å²) in [6.07, 6.45) is 3.53. The molecule has 0 spiro atoms. The van der Waals surface area contributed by atoms with E-state index in [1.54, 1.807) is 12.3 Å². The van der Waals surface area contributed by atoms with Crippen molar-refractivity contribution in [1.29, 1.82) is 0 Å². The highest BCUT2D eigenvalue weighted by molar-refractivity contribution is 5.42. The monoisotopic (exact) mass is 221 g/mol. The van der Waals surface area contributed by atoms with Crippen molar-refractivity contribution in [2.75, 3.05) is 24.6 Å². The van der Waals surface area contributed by atoms with Crippen LogP contribution in [0.2, 0.25) is 0 Å². The van der Waals surface area contributed by atoms with Crippen LogP contribution in [0.3, 0.4) is 0 Å². The molecule has 1 aromatic heterocycles. The normalized spacial score (nSPS) is 12.2. The van der Waals surface area contributed by atoms with Crippen molar-refractivity contribution >= 4 is 5.82 Å². The molecule has 0 fully saturated rings. The van der Waals surface area contributed by atoms with E-state index in [0.29, 0.717) is 13.1 Å². The second kappa shape index (κ2) is 6.25. The predicted molar refractivity (Wildman–Crippen MR) is 66.3 cm³/mol. The number of nitrogens with zero attached hydrogens (tertiary/aromatic N) is 2. The zero-order chi connectivity index (χ0) is 12.0. The molecule has 1 aromatic rings. The summed E-state index contributed by atoms with van der Waals surface area (Å²) >= 11 is 0. The molecular formula is C12H19N3O. The first-order valence-corrected chi connectivity index (χ1v) is 5.37. The zero-order valence-corrected chi connectivity index (χ0v) is 9.63. The number of aromatic nitrogens is 1. The topological polar surface area (TPSA) is 62.4 Å². The Balaban J connectivity index is 2.90. The highest BCUT2D eigenvalue weighted by Crippen LogP contribution is 2.16. The van der Waals surface area contributed by atoms with Crippen LogP contribution in [-0.4, -0.2) is 29.8 Å². The number of anilines is 1. The number of aliphatic hydroxyl groups excluding tert-OH is 1. The quantitative estimate of drug-likeness (QED) is 0.706. The second-order valence-electron chi connectivity index (χ2n) is 3.69. The number of pyridine rings is 1. The van der Waals surface area contributed by atoms with Crippen LogP contribution in [0.4, 0.5) is 5.82 Å². The minimum Gasteiger partial charge on any atom is -0.395 e. The first kappa shape index (κ1) is 12.7. The SMILES string of the molecule is C=CCN(CCO)c1cc([C@H](C)N)ccn1. The van der Waals surface area contributed by atoms with Gasteiger partial charge in [0.15, 0.2) is 0 Å². The molecule has 4 heteroatoms. The smallest absolute Gasteiger partial charge is 0.129 e. The molecular weight excluding hydrogens is 202 g/mol. The fraction of sp³-hybridized carbons (Fsp3) is 0.417. The Hall–Kier alpha value is -1.39. The zero-order valence-electron chi connectivity index (χ0n) is 9.63. The third kappa shape index (κ3) is 3.32. The highest BCUT2D eigenvalue weighted by Gasteiger charge is 2.07. The summed E-state index contributed by atoms with van der Waals surface area (Å²) in [4.78, 5) is 6.23. The summed E-state index contributed by atoms with van der Waals surface area (Å²) in [6, 6.07) is 3.84. The van der Waals surface area contributed by atoms with Crippen LogP contribution in [-0.2, 0) is 0 Å². The van der Waals surface area contributed by atoms with Gasteiger partial charge < -0.3 is 15.7 Å². The Bertz CT molecular complexity index is 339. The van der Waals surface area contributed by atoms with Crippen LogP contribution in [0.15, 0.2) is 31.0 Å². The summed E-state index contributed by atoms with van der Waals surface area (Å²) < 4.78 is 0. The van der Waals surface area contributed by atoms with Crippen molar-refractivity contribution in [3.63, 3.8) is 0 Å². The van der Waals surface area contributed by atoms with Crippen LogP contribution in [0.25, 0.3) is 0 Å². The second-order valence-corrected chi connectivity index (χ2v) is 3.69. The van der Waals surface area contributed by atoms with Crippen LogP contribution < -0.4 is 10.6 Å². The van der Waals surface area contributed by atoms with E-state index < -0.39 is 0 Å². The third-order valence-electron chi connectivity index (χ3n) is 2.34. The maximum atomic E-state index is 8.97. The lowest BCUT2D eigenvalue weighted by Crippen LogP contribution is -2.27. The molecule has 4 nitrogen and oxygen atoms in total. The fourth-order valence-corrected chi connectivity index (χ4v) is 1.47. The summed E-state index contributed by atoms with van der Waals surface area (Å²) in [5.41, 5.74) is 6.85. The van der Waals surface area contributed by atoms with Gasteiger partial charge in [-0.05, 0) is 24.6 Å². The standard InChI is InChI=1S/C12H19N3O/c1-3-6-15(7-8-16)12-9-11(10(2)13)4-5-14-12/h3-5,9-10,16H,1,6-8,13H2,2H3/t10-/m0/s1. The minimum atomic E-state index is -0.0125. The Morgan fingerprint density at radius 3 is 3.00 bits per heavy atom. The molecule has 1 atom stereocenters. The van der Waals surface area contributed by atoms with E-state index in [2.05, 4.69) is 11.6 Å². The molecule has 1 heterocycles. The Labute approximate surface area is 96.4 Å². The van der Waals surface area contributed by atoms with Crippen molar-refractivity contribution in [2.45, 2.75) is 13.0 Å². The van der Waals surface area contributed by atoms with Gasteiger partial charge in [-0.3, -0.25) is 0 Å². The van der Waals surface area contributed by atoms with E-state index in [1.807, 2.05) is 24.0 Å². The average molecular weight is 221 g/mol. The number of rotatable bonds is 6. The van der Waals surface area contributed by atoms with E-state index in [1.165, 1.54) is 0 Å². The van der Waals surface area contributed by atoms with Crippen molar-refractivity contribution in [3.05, 3.63) is 36.5 Å². The average Bonchev–Trinajstić information content (AvgIpc) is 2.29. The molecule has 88 valence electrons. The minimum absolute atomic E-state index is 0.0125. The van der Waals surface area contributed by atoms with Crippen molar-refractivity contribution in [2.24, 2.45) is 5.73 Å². The van der Waals surface area contributed by atoms with Gasteiger partial charge in [0, 0.05) is 25.3 Å². The largest absolute Gasteiger partial charge is 0.395 e. The van der Waals surface area contributed by atoms with Gasteiger partial charge in [-0.25, -0.2) is 4.98 Å². The molecule has 0 aliphatic heterocycles. The predicted octanol–water partition coefficient (Wildman–Crippen LogP) is 1.09. The molecule has 0 unspecified atom stereocenters. The Morgan fingerprint density at radius 2 is 2.44 bits per heavy atom. The van der Waals surface area contributed by atoms with Gasteiger partial charge in [0.05, 0.1) is 6.61 Å². The van der Waals surface area contributed by atoms with Gasteiger partial charge in [-0.2, -0.15) is 0 Å². The molecule has 3 N–H and O–H groups in total. The van der Waals surface area contributed by atoms with Crippen molar-refractivity contribution in [3.8, 4) is 0 Å². The number of hydrogen-bond donors (Lipinski definition) is 2. The van der Waals surface area contributed by atoms with Gasteiger partial charge in [-0.1, -0.05) is 6.08 Å². The van der Waals surface area contributed by atoms with Gasteiger partial charge >= 0.3 is 0 Å². The lowest BCUT2D eigenvalue weighted by Gasteiger charge is -2.21. The summed E-state index contributed by atoms with van der Waals surface area (Å²) in [7, 11) is 0. The van der Waals surface area contributed by atoms with E-state index in [4.69, 9.17) is 10.8 Å². The molecule has 0 saturated carbocycles. The van der Waals surface area contributed by atoms with Gasteiger partial charge in [0.25, 0.3) is 0 Å². The van der Waals surface area contributed by atoms with E-state index in [-0.39, 0.29) is 12.6 Å². The number of nitrogens with two attached hydrogens (primary N) is 1. The number of hydrogen-bond acceptors (Lipinski definition) is 4. The first-order valence-electron chi connectivity index (χ1n) is 5.37. The highest BCUT2D eigenvalue weighted by atomic mass is 16.3. The molecule has 0 radical (unpaired) electrons. The fourth-order valence-electron chi connectivity index (χ4n) is 1.47. The first-order chi connectivity index (χ1) is 7.69. The molecule has 0 amide bonds. The molecule has 1 rings (SSSR count). The van der Waals surface area contributed by atoms with Gasteiger partial charge in [0.2, 0.25) is 0 Å². The summed E-state index contributed by atoms with van der Waals surface area (Å²) in [6.45, 7) is 6.92. The van der Waals surface area contributed by atoms with Crippen LogP contribution in [0, 0.1) is 0 Å². The maximum absolute atomic E-state index is 8.97. The van der Waals surface area contributed by atoms with Crippen molar-refractivity contribution < 1.29 is 5.11 Å². The molecule has 0 bridgehead atoms. The Kier molecular flexibility index (Phi) is 4.95. The van der Waals surface area contributed by atoms with Crippen LogP contribution in [0.5, 0.6) is 0 Å². The lowest BCUT2D eigenvalue weighted by molar-refractivity contribution is 0.302. The summed E-state index contributed by atoms with van der Waals surface area (Å²) in [5, 5.41) is 8.97. The number of aliphatic hydroxyl groups is 1. The molecule has 0 aromatic carbocycles. The van der Waals surface area contributed by atoms with Crippen molar-refractivity contribution in [1.82, 2.24) is 4.98 Å². The van der Waals surface area contributed by atoms with Crippen LogP contribution >= 0.6 is 0 Å². The van der Waals surface area contributed by atoms with E-state index in [0.717, 1.165) is 11.4 Å². The summed E-state index contributed by atoms with van der Waals surface area (Å²) in [5.74, 6) is 0.823. The lowest BCUT2D eigenvalue weighted by atomic mass is 10.1. The molecule has 16 heavy (non-hydrogen) atoms. The van der Waals surface area contributed by atoms with Gasteiger partial charge in [-0.15, -0.1) is 6.58 Å². The molecule has 0 saturated heterocycles. The van der Waals surface area contributed by atoms with E-state index >= 15 is 0 Å². The maximum Gasteiger partial charge on any atom is 0.129 e. The third-order valence-corrected chi connectivity index (χ3v) is 2.34.